The van der Waals surface area contributed by atoms with Crippen LogP contribution >= 0.6 is 0 Å². The summed E-state index contributed by atoms with van der Waals surface area (Å²) in [5.41, 5.74) is 34.8. The van der Waals surface area contributed by atoms with E-state index < -0.39 is 0 Å². The van der Waals surface area contributed by atoms with Crippen molar-refractivity contribution in [2.24, 2.45) is 0 Å². The first-order valence-electron chi connectivity index (χ1n) is 34.1. The fourth-order valence-electron chi connectivity index (χ4n) is 13.6. The molecular formula is C92H102. The van der Waals surface area contributed by atoms with E-state index >= 15 is 0 Å². The third-order valence-corrected chi connectivity index (χ3v) is 19.3. The van der Waals surface area contributed by atoms with Crippen molar-refractivity contribution in [2.75, 3.05) is 0 Å². The number of hydrogen-bond donors (Lipinski definition) is 0. The molecule has 0 radical (unpaired) electrons. The van der Waals surface area contributed by atoms with Gasteiger partial charge in [-0.25, -0.2) is 0 Å². The largest absolute Gasteiger partial charge is 0.0645 e. The van der Waals surface area contributed by atoms with E-state index in [2.05, 4.69) is 354 Å². The van der Waals surface area contributed by atoms with Gasteiger partial charge in [0.05, 0.1) is 0 Å². The summed E-state index contributed by atoms with van der Waals surface area (Å²) in [7, 11) is 0. The van der Waals surface area contributed by atoms with Crippen molar-refractivity contribution < 1.29 is 0 Å². The van der Waals surface area contributed by atoms with Crippen molar-refractivity contribution in [3.05, 3.63) is 344 Å². The normalized spacial score (nSPS) is 13.4. The van der Waals surface area contributed by atoms with E-state index in [-0.39, 0.29) is 10.8 Å². The van der Waals surface area contributed by atoms with Crippen molar-refractivity contribution in [1.29, 1.82) is 0 Å². The lowest BCUT2D eigenvalue weighted by Gasteiger charge is -2.21. The third kappa shape index (κ3) is 15.8. The van der Waals surface area contributed by atoms with Gasteiger partial charge in [-0.05, 0) is 174 Å². The van der Waals surface area contributed by atoms with Gasteiger partial charge in [-0.15, -0.1) is 0 Å². The molecule has 0 heterocycles. The number of hydrogen-bond acceptors (Lipinski definition) is 0. The summed E-state index contributed by atoms with van der Waals surface area (Å²) in [6.45, 7) is 38.1. The summed E-state index contributed by atoms with van der Waals surface area (Å²) in [4.78, 5) is 0. The van der Waals surface area contributed by atoms with Crippen LogP contribution in [0.1, 0.15) is 215 Å². The van der Waals surface area contributed by atoms with E-state index in [0.717, 1.165) is 6.42 Å². The Kier molecular flexibility index (Phi) is 22.3. The highest BCUT2D eigenvalue weighted by Crippen LogP contribution is 2.49. The van der Waals surface area contributed by atoms with E-state index in [1.807, 2.05) is 18.2 Å². The van der Waals surface area contributed by atoms with Gasteiger partial charge in [0.15, 0.2) is 0 Å². The molecule has 0 nitrogen and oxygen atoms in total. The Balaban J connectivity index is 0.000000130. The predicted octanol–water partition coefficient (Wildman–Crippen LogP) is 26.2. The standard InChI is InChI=1S/C22H28.2C15H14.C14H12.C10H14.C9H12.C7H8/c1-14-19-12-15(21(2,3)4)8-10-17(19)18-11-9-16(13-20(14)18)22(5,6)7;1-10-6-5-9-14-13-8-4-3-7-12(13)11(2)15(10)14;1-2-11-12-7-3-5-9-14(12)15-10-6-4-8-13(11)15;1-10-11-6-2-4-8-13(11)14-9-5-3-7-12(10)14;1-8(2)10-6-4-9(3)5-7-10;1-3-9-6-4-8(2)5-7-9;1-7-5-3-2-4-6-7/h8-14H,1-7H3;3-9,11H,1-2H3;3-11H,2H2,1H3;2-10H,1H3;4-8H,1-3H3;4-7H,3H2,1-2H3;2-6H,1H3. The van der Waals surface area contributed by atoms with Crippen LogP contribution in [0.5, 0.6) is 0 Å². The molecule has 11 aromatic carbocycles. The van der Waals surface area contributed by atoms with Crippen molar-refractivity contribution in [2.45, 2.75) is 171 Å². The summed E-state index contributed by atoms with van der Waals surface area (Å²) in [6, 6.07) is 92.1. The van der Waals surface area contributed by atoms with Crippen LogP contribution in [0.25, 0.3) is 44.5 Å². The monoisotopic (exact) mass is 1210 g/mol. The Labute approximate surface area is 556 Å². The molecule has 1 atom stereocenters. The molecule has 0 fully saturated rings. The van der Waals surface area contributed by atoms with Crippen LogP contribution in [-0.2, 0) is 17.3 Å². The van der Waals surface area contributed by atoms with Crippen LogP contribution in [0.2, 0.25) is 0 Å². The zero-order valence-electron chi connectivity index (χ0n) is 58.5. The highest BCUT2D eigenvalue weighted by atomic mass is 14.3. The van der Waals surface area contributed by atoms with Gasteiger partial charge < -0.3 is 0 Å². The number of fused-ring (bicyclic) bond motifs is 12. The van der Waals surface area contributed by atoms with Gasteiger partial charge in [0.2, 0.25) is 0 Å². The van der Waals surface area contributed by atoms with Crippen molar-refractivity contribution in [3.63, 3.8) is 0 Å². The molecule has 11 aromatic rings. The van der Waals surface area contributed by atoms with Gasteiger partial charge in [-0.2, -0.15) is 0 Å². The summed E-state index contributed by atoms with van der Waals surface area (Å²) < 4.78 is 0. The van der Waals surface area contributed by atoms with Crippen LogP contribution in [0.15, 0.2) is 255 Å². The Hall–Kier alpha value is -8.58. The molecule has 470 valence electrons. The molecule has 0 spiro atoms. The second kappa shape index (κ2) is 30.2. The predicted molar refractivity (Wildman–Crippen MR) is 401 cm³/mol. The molecule has 0 bridgehead atoms. The summed E-state index contributed by atoms with van der Waals surface area (Å²) >= 11 is 0. The van der Waals surface area contributed by atoms with Crippen molar-refractivity contribution in [3.8, 4) is 44.5 Å². The first-order chi connectivity index (χ1) is 44.1. The lowest BCUT2D eigenvalue weighted by atomic mass is 9.84. The number of aryl methyl sites for hydroxylation is 5. The molecule has 0 saturated heterocycles. The molecule has 4 aliphatic rings. The smallest absolute Gasteiger partial charge is 0.00990 e. The first kappa shape index (κ1) is 67.8. The quantitative estimate of drug-likeness (QED) is 0.165. The number of rotatable bonds is 3. The molecule has 0 saturated carbocycles. The molecule has 0 heteroatoms. The fraction of sp³-hybridized carbons (Fsp3) is 0.283. The topological polar surface area (TPSA) is 0 Å². The molecule has 15 rings (SSSR count). The molecule has 1 unspecified atom stereocenters. The average Bonchev–Trinajstić information content (AvgIpc) is 1.74. The van der Waals surface area contributed by atoms with E-state index in [9.17, 15) is 0 Å². The van der Waals surface area contributed by atoms with Gasteiger partial charge in [0.25, 0.3) is 0 Å². The Morgan fingerprint density at radius 2 is 0.652 bits per heavy atom. The molecule has 0 amide bonds. The van der Waals surface area contributed by atoms with E-state index in [1.54, 1.807) is 0 Å². The maximum Gasteiger partial charge on any atom is 0.00990 e. The van der Waals surface area contributed by atoms with Crippen LogP contribution in [-0.4, -0.2) is 0 Å². The van der Waals surface area contributed by atoms with E-state index in [4.69, 9.17) is 0 Å². The highest BCUT2D eigenvalue weighted by molar-refractivity contribution is 5.82. The Morgan fingerprint density at radius 1 is 0.315 bits per heavy atom. The van der Waals surface area contributed by atoms with Gasteiger partial charge in [-0.1, -0.05) is 361 Å². The maximum atomic E-state index is 2.43. The molecule has 0 aliphatic heterocycles. The zero-order valence-corrected chi connectivity index (χ0v) is 58.5. The van der Waals surface area contributed by atoms with Gasteiger partial charge in [-0.3, -0.25) is 0 Å². The fourth-order valence-corrected chi connectivity index (χ4v) is 13.6. The summed E-state index contributed by atoms with van der Waals surface area (Å²) in [5, 5.41) is 0. The number of benzene rings is 11. The maximum absolute atomic E-state index is 2.43. The van der Waals surface area contributed by atoms with Crippen molar-refractivity contribution >= 4 is 0 Å². The van der Waals surface area contributed by atoms with Crippen molar-refractivity contribution in [1.82, 2.24) is 0 Å². The zero-order chi connectivity index (χ0) is 65.9. The van der Waals surface area contributed by atoms with Gasteiger partial charge >= 0.3 is 0 Å². The Bertz CT molecular complexity index is 4040. The summed E-state index contributed by atoms with van der Waals surface area (Å²) in [5.74, 6) is 2.87. The molecule has 92 heavy (non-hydrogen) atoms. The second-order valence-electron chi connectivity index (χ2n) is 28.3. The van der Waals surface area contributed by atoms with E-state index in [1.165, 1.54) is 140 Å². The highest BCUT2D eigenvalue weighted by Gasteiger charge is 2.30. The van der Waals surface area contributed by atoms with Crippen LogP contribution < -0.4 is 0 Å². The second-order valence-corrected chi connectivity index (χ2v) is 28.3. The molecular weight excluding hydrogens is 1110 g/mol. The molecule has 4 aliphatic carbocycles. The van der Waals surface area contributed by atoms with E-state index in [0.29, 0.717) is 29.6 Å². The average molecular weight is 1210 g/mol. The minimum absolute atomic E-state index is 0.208. The SMILES string of the molecule is CC1c2cc(C(C)(C)C)ccc2-c2ccc(C(C)(C)C)cc21.CC1c2ccccc2-c2ccccc21.CCC1c2ccccc2-c2ccccc21.CCc1ccc(C)cc1.Cc1ccc(C(C)C)cc1.Cc1cccc2c1C(C)c1ccccc1-2.Cc1ccccc1. The Morgan fingerprint density at radius 3 is 1.04 bits per heavy atom. The lowest BCUT2D eigenvalue weighted by molar-refractivity contribution is 0.588. The van der Waals surface area contributed by atoms with Crippen LogP contribution in [0, 0.1) is 27.7 Å². The molecule has 0 aromatic heterocycles. The van der Waals surface area contributed by atoms with Gasteiger partial charge in [0, 0.05) is 23.7 Å². The third-order valence-electron chi connectivity index (χ3n) is 19.3. The van der Waals surface area contributed by atoms with Crippen LogP contribution in [0.3, 0.4) is 0 Å². The minimum Gasteiger partial charge on any atom is -0.0645 e. The molecule has 0 N–H and O–H groups in total. The van der Waals surface area contributed by atoms with Crippen LogP contribution in [0.4, 0.5) is 0 Å². The van der Waals surface area contributed by atoms with Gasteiger partial charge in [0.1, 0.15) is 0 Å². The first-order valence-corrected chi connectivity index (χ1v) is 34.1. The lowest BCUT2D eigenvalue weighted by Crippen LogP contribution is -2.11. The minimum atomic E-state index is 0.208. The summed E-state index contributed by atoms with van der Waals surface area (Å²) in [6.07, 6.45) is 2.33.